The van der Waals surface area contributed by atoms with Crippen LogP contribution in [0.5, 0.6) is 0 Å². The van der Waals surface area contributed by atoms with Crippen molar-refractivity contribution < 1.29 is 4.42 Å². The molecule has 4 N–H and O–H groups in total. The summed E-state index contributed by atoms with van der Waals surface area (Å²) in [5.74, 6) is -0.380. The summed E-state index contributed by atoms with van der Waals surface area (Å²) in [6, 6.07) is 12.7. The minimum atomic E-state index is -0.380. The number of fused-ring (bicyclic) bond motifs is 1. The molecule has 0 saturated heterocycles. The quantitative estimate of drug-likeness (QED) is 0.694. The normalized spacial score (nSPS) is 12.7. The van der Waals surface area contributed by atoms with E-state index in [4.69, 9.17) is 15.9 Å². The molecule has 0 amide bonds. The van der Waals surface area contributed by atoms with Crippen molar-refractivity contribution in [1.29, 1.82) is 0 Å². The lowest BCUT2D eigenvalue weighted by Gasteiger charge is -2.13. The fraction of sp³-hybridized carbons (Fsp3) is 0.133. The highest BCUT2D eigenvalue weighted by Crippen LogP contribution is 2.24. The molecule has 2 aromatic carbocycles. The summed E-state index contributed by atoms with van der Waals surface area (Å²) in [5, 5.41) is 0. The monoisotopic (exact) mass is 269 g/mol. The first-order valence-corrected chi connectivity index (χ1v) is 6.27. The van der Waals surface area contributed by atoms with Crippen LogP contribution in [0.3, 0.4) is 0 Å². The minimum absolute atomic E-state index is 0.312. The second-order valence-corrected chi connectivity index (χ2v) is 4.80. The first-order valence-electron chi connectivity index (χ1n) is 6.27. The first-order chi connectivity index (χ1) is 9.56. The lowest BCUT2D eigenvalue weighted by atomic mass is 9.99. The van der Waals surface area contributed by atoms with Crippen LogP contribution in [0.15, 0.2) is 51.7 Å². The van der Waals surface area contributed by atoms with Crippen molar-refractivity contribution in [2.75, 3.05) is 5.73 Å². The smallest absolute Gasteiger partial charge is 0.408 e. The van der Waals surface area contributed by atoms with Gasteiger partial charge in [-0.1, -0.05) is 18.2 Å². The number of nitrogen functional groups attached to an aromatic ring is 1. The van der Waals surface area contributed by atoms with Crippen molar-refractivity contribution in [3.63, 3.8) is 0 Å². The molecular formula is C15H15N3O2. The minimum Gasteiger partial charge on any atom is -0.408 e. The van der Waals surface area contributed by atoms with Crippen LogP contribution in [0.1, 0.15) is 17.2 Å². The molecular weight excluding hydrogens is 254 g/mol. The molecule has 0 bridgehead atoms. The Morgan fingerprint density at radius 2 is 1.90 bits per heavy atom. The third-order valence-corrected chi connectivity index (χ3v) is 3.45. The second-order valence-electron chi connectivity index (χ2n) is 4.80. The Hall–Kier alpha value is -2.53. The maximum atomic E-state index is 11.5. The summed E-state index contributed by atoms with van der Waals surface area (Å²) in [6.45, 7) is 0. The van der Waals surface area contributed by atoms with Crippen LogP contribution in [0, 0.1) is 0 Å². The average molecular weight is 269 g/mol. The molecule has 5 heteroatoms. The van der Waals surface area contributed by atoms with E-state index in [1.807, 2.05) is 36.4 Å². The number of hydrogen-bond donors (Lipinski definition) is 2. The molecule has 1 atom stereocenters. The van der Waals surface area contributed by atoms with Crippen LogP contribution in [-0.2, 0) is 7.05 Å². The first kappa shape index (κ1) is 12.5. The zero-order valence-electron chi connectivity index (χ0n) is 11.0. The standard InChI is InChI=1S/C15H15N3O2/c1-18-12-6-5-10(8-13(12)20-15(18)19)14(17)9-3-2-4-11(16)7-9/h2-8,14H,16-17H2,1H3. The SMILES string of the molecule is Cn1c(=O)oc2cc(C(N)c3cccc(N)c3)ccc21. The van der Waals surface area contributed by atoms with Crippen LogP contribution in [-0.4, -0.2) is 4.57 Å². The predicted octanol–water partition coefficient (Wildman–Crippen LogP) is 1.76. The predicted molar refractivity (Wildman–Crippen MR) is 78.3 cm³/mol. The number of benzene rings is 2. The van der Waals surface area contributed by atoms with Gasteiger partial charge in [0, 0.05) is 12.7 Å². The number of hydrogen-bond acceptors (Lipinski definition) is 4. The van der Waals surface area contributed by atoms with E-state index >= 15 is 0 Å². The van der Waals surface area contributed by atoms with Gasteiger partial charge >= 0.3 is 5.76 Å². The lowest BCUT2D eigenvalue weighted by molar-refractivity contribution is 0.527. The zero-order valence-corrected chi connectivity index (χ0v) is 11.0. The number of nitrogens with two attached hydrogens (primary N) is 2. The molecule has 102 valence electrons. The number of rotatable bonds is 2. The Labute approximate surface area is 115 Å². The molecule has 3 rings (SSSR count). The van der Waals surface area contributed by atoms with Crippen LogP contribution in [0.2, 0.25) is 0 Å². The van der Waals surface area contributed by atoms with Gasteiger partial charge in [0.1, 0.15) is 0 Å². The maximum absolute atomic E-state index is 11.5. The number of aromatic nitrogens is 1. The van der Waals surface area contributed by atoms with E-state index in [0.717, 1.165) is 16.6 Å². The van der Waals surface area contributed by atoms with E-state index in [0.29, 0.717) is 11.3 Å². The molecule has 20 heavy (non-hydrogen) atoms. The molecule has 1 heterocycles. The summed E-state index contributed by atoms with van der Waals surface area (Å²) in [7, 11) is 1.67. The Morgan fingerprint density at radius 3 is 2.65 bits per heavy atom. The highest BCUT2D eigenvalue weighted by molar-refractivity contribution is 5.74. The molecule has 0 aliphatic carbocycles. The van der Waals surface area contributed by atoms with E-state index in [2.05, 4.69) is 0 Å². The second kappa shape index (κ2) is 4.54. The number of anilines is 1. The molecule has 1 unspecified atom stereocenters. The zero-order chi connectivity index (χ0) is 14.3. The van der Waals surface area contributed by atoms with Crippen LogP contribution in [0.4, 0.5) is 5.69 Å². The molecule has 0 aliphatic rings. The van der Waals surface area contributed by atoms with Gasteiger partial charge in [-0.15, -0.1) is 0 Å². The van der Waals surface area contributed by atoms with Crippen molar-refractivity contribution >= 4 is 16.8 Å². The molecule has 3 aromatic rings. The fourth-order valence-corrected chi connectivity index (χ4v) is 2.29. The van der Waals surface area contributed by atoms with Crippen molar-refractivity contribution in [3.05, 3.63) is 64.1 Å². The van der Waals surface area contributed by atoms with Crippen LogP contribution in [0.25, 0.3) is 11.1 Å². The van der Waals surface area contributed by atoms with Gasteiger partial charge in [-0.3, -0.25) is 4.57 Å². The number of aryl methyl sites for hydroxylation is 1. The summed E-state index contributed by atoms with van der Waals surface area (Å²) in [5.41, 5.74) is 15.8. The third kappa shape index (κ3) is 1.98. The third-order valence-electron chi connectivity index (χ3n) is 3.45. The molecule has 1 aromatic heterocycles. The van der Waals surface area contributed by atoms with Crippen molar-refractivity contribution in [3.8, 4) is 0 Å². The molecule has 0 radical (unpaired) electrons. The Bertz CT molecular complexity index is 832. The van der Waals surface area contributed by atoms with Crippen LogP contribution >= 0.6 is 0 Å². The topological polar surface area (TPSA) is 87.2 Å². The van der Waals surface area contributed by atoms with Crippen molar-refractivity contribution in [2.24, 2.45) is 12.8 Å². The number of oxazole rings is 1. The van der Waals surface area contributed by atoms with E-state index in [9.17, 15) is 4.79 Å². The molecule has 0 spiro atoms. The molecule has 0 aliphatic heterocycles. The molecule has 5 nitrogen and oxygen atoms in total. The van der Waals surface area contributed by atoms with Gasteiger partial charge in [0.15, 0.2) is 5.58 Å². The summed E-state index contributed by atoms with van der Waals surface area (Å²) in [4.78, 5) is 11.5. The van der Waals surface area contributed by atoms with Crippen molar-refractivity contribution in [2.45, 2.75) is 6.04 Å². The van der Waals surface area contributed by atoms with Gasteiger partial charge in [0.2, 0.25) is 0 Å². The lowest BCUT2D eigenvalue weighted by Crippen LogP contribution is -2.12. The van der Waals surface area contributed by atoms with Gasteiger partial charge in [0.25, 0.3) is 0 Å². The van der Waals surface area contributed by atoms with E-state index in [-0.39, 0.29) is 11.8 Å². The van der Waals surface area contributed by atoms with Crippen LogP contribution < -0.4 is 17.2 Å². The highest BCUT2D eigenvalue weighted by atomic mass is 16.4. The van der Waals surface area contributed by atoms with Gasteiger partial charge in [0.05, 0.1) is 11.6 Å². The van der Waals surface area contributed by atoms with Gasteiger partial charge in [-0.05, 0) is 35.4 Å². The van der Waals surface area contributed by atoms with E-state index in [1.165, 1.54) is 4.57 Å². The van der Waals surface area contributed by atoms with Gasteiger partial charge < -0.3 is 15.9 Å². The summed E-state index contributed by atoms with van der Waals surface area (Å²) >= 11 is 0. The maximum Gasteiger partial charge on any atom is 0.419 e. The van der Waals surface area contributed by atoms with Crippen molar-refractivity contribution in [1.82, 2.24) is 4.57 Å². The number of nitrogens with zero attached hydrogens (tertiary/aromatic N) is 1. The molecule has 0 fully saturated rings. The Balaban J connectivity index is 2.08. The van der Waals surface area contributed by atoms with Gasteiger partial charge in [-0.25, -0.2) is 4.79 Å². The largest absolute Gasteiger partial charge is 0.419 e. The Kier molecular flexibility index (Phi) is 2.84. The highest BCUT2D eigenvalue weighted by Gasteiger charge is 2.12. The summed E-state index contributed by atoms with van der Waals surface area (Å²) in [6.07, 6.45) is 0. The molecule has 0 saturated carbocycles. The van der Waals surface area contributed by atoms with E-state index in [1.54, 1.807) is 13.1 Å². The summed E-state index contributed by atoms with van der Waals surface area (Å²) < 4.78 is 6.64. The Morgan fingerprint density at radius 1 is 1.15 bits per heavy atom. The average Bonchev–Trinajstić information content (AvgIpc) is 2.73. The van der Waals surface area contributed by atoms with E-state index < -0.39 is 0 Å². The van der Waals surface area contributed by atoms with Gasteiger partial charge in [-0.2, -0.15) is 0 Å². The fourth-order valence-electron chi connectivity index (χ4n) is 2.29.